The molecule has 0 radical (unpaired) electrons. The summed E-state index contributed by atoms with van der Waals surface area (Å²) in [6, 6.07) is -0.0772. The number of amides is 2. The molecule has 0 spiro atoms. The highest BCUT2D eigenvalue weighted by Gasteiger charge is 2.26. The number of ether oxygens (including phenoxy) is 1. The first-order chi connectivity index (χ1) is 8.15. The van der Waals surface area contributed by atoms with E-state index < -0.39 is 5.97 Å². The van der Waals surface area contributed by atoms with Crippen LogP contribution in [-0.2, 0) is 9.53 Å². The number of piperidine rings is 1. The lowest BCUT2D eigenvalue weighted by atomic mass is 10.0. The van der Waals surface area contributed by atoms with Gasteiger partial charge in [-0.2, -0.15) is 0 Å². The third-order valence-corrected chi connectivity index (χ3v) is 2.86. The van der Waals surface area contributed by atoms with E-state index >= 15 is 0 Å². The maximum absolute atomic E-state index is 11.8. The molecule has 0 bridgehead atoms. The molecule has 0 saturated carbocycles. The van der Waals surface area contributed by atoms with Crippen LogP contribution < -0.4 is 5.32 Å². The van der Waals surface area contributed by atoms with Crippen molar-refractivity contribution in [2.45, 2.75) is 31.7 Å². The molecule has 0 aromatic carbocycles. The molecule has 1 heterocycles. The molecule has 0 aliphatic carbocycles. The Balaban J connectivity index is 2.38. The molecule has 1 unspecified atom stereocenters. The van der Waals surface area contributed by atoms with Crippen LogP contribution >= 0.6 is 0 Å². The van der Waals surface area contributed by atoms with Crippen LogP contribution in [0.4, 0.5) is 4.79 Å². The Kier molecular flexibility index (Phi) is 5.76. The number of methoxy groups -OCH3 is 1. The van der Waals surface area contributed by atoms with Crippen LogP contribution in [0.1, 0.15) is 25.7 Å². The van der Waals surface area contributed by atoms with Crippen LogP contribution in [0.2, 0.25) is 0 Å². The Morgan fingerprint density at radius 3 is 2.88 bits per heavy atom. The van der Waals surface area contributed by atoms with Crippen LogP contribution in [0, 0.1) is 0 Å². The zero-order valence-corrected chi connectivity index (χ0v) is 10.1. The van der Waals surface area contributed by atoms with Gasteiger partial charge >= 0.3 is 12.0 Å². The van der Waals surface area contributed by atoms with Gasteiger partial charge in [0.25, 0.3) is 0 Å². The first-order valence-electron chi connectivity index (χ1n) is 5.90. The number of aliphatic carboxylic acids is 1. The first-order valence-corrected chi connectivity index (χ1v) is 5.90. The van der Waals surface area contributed by atoms with Gasteiger partial charge in [0.1, 0.15) is 0 Å². The average molecular weight is 244 g/mol. The fourth-order valence-corrected chi connectivity index (χ4v) is 2.01. The van der Waals surface area contributed by atoms with Crippen molar-refractivity contribution in [3.8, 4) is 0 Å². The summed E-state index contributed by atoms with van der Waals surface area (Å²) in [6.45, 7) is 1.42. The molecule has 0 aromatic rings. The lowest BCUT2D eigenvalue weighted by Gasteiger charge is -2.35. The van der Waals surface area contributed by atoms with E-state index in [4.69, 9.17) is 9.84 Å². The highest BCUT2D eigenvalue weighted by atomic mass is 16.5. The first kappa shape index (κ1) is 13.8. The van der Waals surface area contributed by atoms with E-state index in [1.54, 1.807) is 12.0 Å². The van der Waals surface area contributed by atoms with E-state index in [0.29, 0.717) is 13.2 Å². The lowest BCUT2D eigenvalue weighted by molar-refractivity contribution is -0.136. The SMILES string of the molecule is COCC1CCCCN1C(=O)NCCC(=O)O. The summed E-state index contributed by atoms with van der Waals surface area (Å²) in [7, 11) is 1.62. The van der Waals surface area contributed by atoms with E-state index in [-0.39, 0.29) is 25.0 Å². The van der Waals surface area contributed by atoms with Crippen molar-refractivity contribution in [2.75, 3.05) is 26.8 Å². The fourth-order valence-electron chi connectivity index (χ4n) is 2.01. The van der Waals surface area contributed by atoms with Crippen LogP contribution in [0.15, 0.2) is 0 Å². The zero-order chi connectivity index (χ0) is 12.7. The van der Waals surface area contributed by atoms with Crippen molar-refractivity contribution in [1.29, 1.82) is 0 Å². The normalized spacial score (nSPS) is 20.1. The van der Waals surface area contributed by atoms with E-state index in [0.717, 1.165) is 19.3 Å². The van der Waals surface area contributed by atoms with Gasteiger partial charge < -0.3 is 20.1 Å². The van der Waals surface area contributed by atoms with Gasteiger partial charge in [0.15, 0.2) is 0 Å². The molecule has 2 amide bonds. The number of urea groups is 1. The van der Waals surface area contributed by atoms with Crippen LogP contribution in [0.3, 0.4) is 0 Å². The van der Waals surface area contributed by atoms with Gasteiger partial charge in [0.2, 0.25) is 0 Å². The minimum atomic E-state index is -0.905. The third kappa shape index (κ3) is 4.60. The van der Waals surface area contributed by atoms with Gasteiger partial charge in [-0.05, 0) is 19.3 Å². The Morgan fingerprint density at radius 1 is 1.47 bits per heavy atom. The quantitative estimate of drug-likeness (QED) is 0.745. The van der Waals surface area contributed by atoms with Crippen LogP contribution in [0.25, 0.3) is 0 Å². The van der Waals surface area contributed by atoms with E-state index in [9.17, 15) is 9.59 Å². The second-order valence-electron chi connectivity index (χ2n) is 4.17. The summed E-state index contributed by atoms with van der Waals surface area (Å²) in [6.07, 6.45) is 2.99. The number of carboxylic acids is 1. The topological polar surface area (TPSA) is 78.9 Å². The molecule has 1 atom stereocenters. The summed E-state index contributed by atoms with van der Waals surface area (Å²) in [5.74, 6) is -0.905. The van der Waals surface area contributed by atoms with Crippen molar-refractivity contribution >= 4 is 12.0 Å². The maximum Gasteiger partial charge on any atom is 0.317 e. The molecule has 1 fully saturated rings. The minimum absolute atomic E-state index is 0.0471. The fraction of sp³-hybridized carbons (Fsp3) is 0.818. The molecule has 17 heavy (non-hydrogen) atoms. The zero-order valence-electron chi connectivity index (χ0n) is 10.1. The van der Waals surface area contributed by atoms with Crippen molar-refractivity contribution in [2.24, 2.45) is 0 Å². The molecule has 0 aromatic heterocycles. The van der Waals surface area contributed by atoms with Gasteiger partial charge in [0.05, 0.1) is 19.1 Å². The Bertz CT molecular complexity index is 268. The molecule has 1 aliphatic rings. The molecule has 1 aliphatic heterocycles. The molecule has 1 saturated heterocycles. The van der Waals surface area contributed by atoms with Gasteiger partial charge in [-0.25, -0.2) is 4.79 Å². The number of nitrogens with one attached hydrogen (secondary N) is 1. The van der Waals surface area contributed by atoms with Crippen LogP contribution in [0.5, 0.6) is 0 Å². The maximum atomic E-state index is 11.8. The number of carbonyl (C=O) groups excluding carboxylic acids is 1. The Labute approximate surface area is 101 Å². The van der Waals surface area contributed by atoms with Crippen molar-refractivity contribution in [3.05, 3.63) is 0 Å². The molecule has 2 N–H and O–H groups in total. The molecule has 6 heteroatoms. The van der Waals surface area contributed by atoms with E-state index in [1.165, 1.54) is 0 Å². The monoisotopic (exact) mass is 244 g/mol. The minimum Gasteiger partial charge on any atom is -0.481 e. The van der Waals surface area contributed by atoms with Crippen LogP contribution in [-0.4, -0.2) is 54.9 Å². The van der Waals surface area contributed by atoms with Gasteiger partial charge in [-0.15, -0.1) is 0 Å². The number of nitrogens with zero attached hydrogens (tertiary/aromatic N) is 1. The summed E-state index contributed by atoms with van der Waals surface area (Å²) in [5, 5.41) is 11.1. The third-order valence-electron chi connectivity index (χ3n) is 2.86. The number of carboxylic acid groups (broad SMARTS) is 1. The molecule has 1 rings (SSSR count). The summed E-state index contributed by atoms with van der Waals surface area (Å²) < 4.78 is 5.09. The van der Waals surface area contributed by atoms with Gasteiger partial charge in [-0.3, -0.25) is 4.79 Å². The predicted octanol–water partition coefficient (Wildman–Crippen LogP) is 0.672. The predicted molar refractivity (Wildman–Crippen MR) is 61.9 cm³/mol. The van der Waals surface area contributed by atoms with Gasteiger partial charge in [0, 0.05) is 20.2 Å². The number of likely N-dealkylation sites (tertiary alicyclic amines) is 1. The molecule has 6 nitrogen and oxygen atoms in total. The molecule has 98 valence electrons. The molecular formula is C11H20N2O4. The number of hydrogen-bond acceptors (Lipinski definition) is 3. The average Bonchev–Trinajstić information content (AvgIpc) is 2.29. The van der Waals surface area contributed by atoms with Crippen molar-refractivity contribution < 1.29 is 19.4 Å². The largest absolute Gasteiger partial charge is 0.481 e. The lowest BCUT2D eigenvalue weighted by Crippen LogP contribution is -2.50. The second kappa shape index (κ2) is 7.11. The van der Waals surface area contributed by atoms with E-state index in [1.807, 2.05) is 0 Å². The van der Waals surface area contributed by atoms with Crippen molar-refractivity contribution in [3.63, 3.8) is 0 Å². The summed E-state index contributed by atoms with van der Waals surface area (Å²) in [4.78, 5) is 23.9. The van der Waals surface area contributed by atoms with Gasteiger partial charge in [-0.1, -0.05) is 0 Å². The highest BCUT2D eigenvalue weighted by Crippen LogP contribution is 2.17. The smallest absolute Gasteiger partial charge is 0.317 e. The highest BCUT2D eigenvalue weighted by molar-refractivity contribution is 5.75. The standard InChI is InChI=1S/C11H20N2O4/c1-17-8-9-4-2-3-7-13(9)11(16)12-6-5-10(14)15/h9H,2-8H2,1H3,(H,12,16)(H,14,15). The second-order valence-corrected chi connectivity index (χ2v) is 4.17. The Hall–Kier alpha value is -1.30. The Morgan fingerprint density at radius 2 is 2.24 bits per heavy atom. The van der Waals surface area contributed by atoms with E-state index in [2.05, 4.69) is 5.32 Å². The number of rotatable bonds is 5. The number of hydrogen-bond donors (Lipinski definition) is 2. The number of carbonyl (C=O) groups is 2. The summed E-state index contributed by atoms with van der Waals surface area (Å²) in [5.41, 5.74) is 0. The molecular weight excluding hydrogens is 224 g/mol. The summed E-state index contributed by atoms with van der Waals surface area (Å²) >= 11 is 0. The van der Waals surface area contributed by atoms with Crippen molar-refractivity contribution in [1.82, 2.24) is 10.2 Å².